The van der Waals surface area contributed by atoms with Gasteiger partial charge in [-0.1, -0.05) is 78.4 Å². The summed E-state index contributed by atoms with van der Waals surface area (Å²) in [6.45, 7) is 4.17. The van der Waals surface area contributed by atoms with Gasteiger partial charge in [0, 0.05) is 24.6 Å². The number of rotatable bonds is 12. The number of para-hydroxylation sites is 1. The highest BCUT2D eigenvalue weighted by molar-refractivity contribution is 7.92. The quantitative estimate of drug-likeness (QED) is 0.223. The zero-order valence-corrected chi connectivity index (χ0v) is 25.6. The summed E-state index contributed by atoms with van der Waals surface area (Å²) >= 11 is 0. The SMILES string of the molecule is Cc1ccc(S(=O)(=O)N(CC(=O)N(Cc2ccccc2F)[C@H](Cc2ccccc2)C(=O)NC(C)C)c2ccccc2F)cc1. The van der Waals surface area contributed by atoms with E-state index < -0.39 is 46.1 Å². The lowest BCUT2D eigenvalue weighted by Crippen LogP contribution is -2.54. The summed E-state index contributed by atoms with van der Waals surface area (Å²) in [5.74, 6) is -2.75. The van der Waals surface area contributed by atoms with E-state index in [0.29, 0.717) is 4.31 Å². The van der Waals surface area contributed by atoms with Crippen LogP contribution >= 0.6 is 0 Å². The standard InChI is InChI=1S/C34H35F2N3O4S/c1-24(2)37-34(41)32(21-26-11-5-4-6-12-26)38(22-27-13-7-8-14-29(27)35)33(40)23-39(31-16-10-9-15-30(31)36)44(42,43)28-19-17-25(3)18-20-28/h4-20,24,32H,21-23H2,1-3H3,(H,37,41)/t32-/m1/s1. The van der Waals surface area contributed by atoms with E-state index in [0.717, 1.165) is 17.2 Å². The third-order valence-electron chi connectivity index (χ3n) is 7.01. The molecule has 0 aromatic heterocycles. The van der Waals surface area contributed by atoms with Gasteiger partial charge >= 0.3 is 0 Å². The molecule has 0 saturated carbocycles. The highest BCUT2D eigenvalue weighted by Gasteiger charge is 2.35. The Bertz CT molecular complexity index is 1700. The fraction of sp³-hybridized carbons (Fsp3) is 0.235. The molecule has 0 aliphatic heterocycles. The van der Waals surface area contributed by atoms with E-state index in [9.17, 15) is 22.4 Å². The van der Waals surface area contributed by atoms with Crippen LogP contribution in [0.2, 0.25) is 0 Å². The second-order valence-corrected chi connectivity index (χ2v) is 12.6. The molecular weight excluding hydrogens is 584 g/mol. The smallest absolute Gasteiger partial charge is 0.264 e. The van der Waals surface area contributed by atoms with Crippen molar-refractivity contribution in [2.75, 3.05) is 10.8 Å². The molecule has 0 radical (unpaired) electrons. The van der Waals surface area contributed by atoms with Crippen LogP contribution in [0, 0.1) is 18.6 Å². The maximum Gasteiger partial charge on any atom is 0.264 e. The summed E-state index contributed by atoms with van der Waals surface area (Å²) in [5.41, 5.74) is 1.35. The topological polar surface area (TPSA) is 86.8 Å². The molecule has 2 amide bonds. The molecule has 0 fully saturated rings. The van der Waals surface area contributed by atoms with Gasteiger partial charge in [0.05, 0.1) is 10.6 Å². The number of carbonyl (C=O) groups is 2. The van der Waals surface area contributed by atoms with Crippen molar-refractivity contribution in [1.29, 1.82) is 0 Å². The number of hydrogen-bond donors (Lipinski definition) is 1. The molecule has 0 aliphatic rings. The van der Waals surface area contributed by atoms with Crippen LogP contribution in [0.4, 0.5) is 14.5 Å². The van der Waals surface area contributed by atoms with Crippen LogP contribution in [0.5, 0.6) is 0 Å². The molecule has 0 aliphatic carbocycles. The minimum atomic E-state index is -4.46. The fourth-order valence-electron chi connectivity index (χ4n) is 4.75. The lowest BCUT2D eigenvalue weighted by Gasteiger charge is -2.34. The second-order valence-electron chi connectivity index (χ2n) is 10.8. The number of sulfonamides is 1. The molecule has 0 spiro atoms. The van der Waals surface area contributed by atoms with Crippen LogP contribution in [-0.4, -0.2) is 43.8 Å². The lowest BCUT2D eigenvalue weighted by atomic mass is 10.0. The first-order valence-electron chi connectivity index (χ1n) is 14.2. The van der Waals surface area contributed by atoms with E-state index in [2.05, 4.69) is 5.32 Å². The number of hydrogen-bond acceptors (Lipinski definition) is 4. The van der Waals surface area contributed by atoms with Crippen molar-refractivity contribution >= 4 is 27.5 Å². The van der Waals surface area contributed by atoms with Crippen molar-refractivity contribution in [3.05, 3.63) is 131 Å². The Hall–Kier alpha value is -4.57. The van der Waals surface area contributed by atoms with E-state index in [1.165, 1.54) is 53.4 Å². The summed E-state index contributed by atoms with van der Waals surface area (Å²) in [4.78, 5) is 29.0. The first-order valence-corrected chi connectivity index (χ1v) is 15.6. The fourth-order valence-corrected chi connectivity index (χ4v) is 6.17. The van der Waals surface area contributed by atoms with E-state index in [1.54, 1.807) is 63.2 Å². The molecule has 230 valence electrons. The molecule has 4 rings (SSSR count). The molecule has 0 saturated heterocycles. The van der Waals surface area contributed by atoms with Gasteiger partial charge < -0.3 is 10.2 Å². The number of benzene rings is 4. The van der Waals surface area contributed by atoms with Crippen molar-refractivity contribution in [3.8, 4) is 0 Å². The molecule has 10 heteroatoms. The van der Waals surface area contributed by atoms with E-state index >= 15 is 4.39 Å². The van der Waals surface area contributed by atoms with Crippen LogP contribution in [0.1, 0.15) is 30.5 Å². The molecule has 0 bridgehead atoms. The van der Waals surface area contributed by atoms with Gasteiger partial charge in [-0.2, -0.15) is 0 Å². The minimum Gasteiger partial charge on any atom is -0.352 e. The minimum absolute atomic E-state index is 0.0734. The number of aryl methyl sites for hydroxylation is 1. The zero-order chi connectivity index (χ0) is 31.9. The summed E-state index contributed by atoms with van der Waals surface area (Å²) < 4.78 is 58.7. The molecule has 1 N–H and O–H groups in total. The van der Waals surface area contributed by atoms with E-state index in [1.807, 2.05) is 6.07 Å². The molecule has 0 unspecified atom stereocenters. The predicted octanol–water partition coefficient (Wildman–Crippen LogP) is 5.63. The van der Waals surface area contributed by atoms with Gasteiger partial charge in [-0.25, -0.2) is 17.2 Å². The normalized spacial score (nSPS) is 12.0. The van der Waals surface area contributed by atoms with Gasteiger partial charge in [0.15, 0.2) is 0 Å². The number of halogens is 2. The van der Waals surface area contributed by atoms with Crippen molar-refractivity contribution < 1.29 is 26.8 Å². The second kappa shape index (κ2) is 14.3. The van der Waals surface area contributed by atoms with Gasteiger partial charge in [-0.05, 0) is 56.7 Å². The van der Waals surface area contributed by atoms with Gasteiger partial charge in [-0.15, -0.1) is 0 Å². The van der Waals surface area contributed by atoms with Gasteiger partial charge in [0.2, 0.25) is 11.8 Å². The first kappa shape index (κ1) is 32.3. The van der Waals surface area contributed by atoms with Crippen LogP contribution in [0.15, 0.2) is 108 Å². The van der Waals surface area contributed by atoms with Crippen LogP contribution < -0.4 is 9.62 Å². The zero-order valence-electron chi connectivity index (χ0n) is 24.8. The maximum atomic E-state index is 15.2. The van der Waals surface area contributed by atoms with Crippen molar-refractivity contribution in [1.82, 2.24) is 10.2 Å². The molecule has 4 aromatic rings. The number of anilines is 1. The van der Waals surface area contributed by atoms with Gasteiger partial charge in [0.1, 0.15) is 24.2 Å². The Labute approximate surface area is 257 Å². The first-order chi connectivity index (χ1) is 21.0. The highest BCUT2D eigenvalue weighted by atomic mass is 32.2. The van der Waals surface area contributed by atoms with Crippen LogP contribution in [0.25, 0.3) is 0 Å². The van der Waals surface area contributed by atoms with Crippen molar-refractivity contribution in [2.24, 2.45) is 0 Å². The van der Waals surface area contributed by atoms with Gasteiger partial charge in [-0.3, -0.25) is 13.9 Å². The average molecular weight is 620 g/mol. The molecule has 0 heterocycles. The number of carbonyl (C=O) groups excluding carboxylic acids is 2. The Morgan fingerprint density at radius 1 is 0.795 bits per heavy atom. The highest BCUT2D eigenvalue weighted by Crippen LogP contribution is 2.27. The number of nitrogens with zero attached hydrogens (tertiary/aromatic N) is 2. The Morgan fingerprint density at radius 2 is 1.39 bits per heavy atom. The lowest BCUT2D eigenvalue weighted by molar-refractivity contribution is -0.140. The number of amides is 2. The Balaban J connectivity index is 1.82. The molecule has 1 atom stereocenters. The van der Waals surface area contributed by atoms with Crippen LogP contribution in [-0.2, 0) is 32.6 Å². The largest absolute Gasteiger partial charge is 0.352 e. The number of nitrogens with one attached hydrogen (secondary N) is 1. The summed E-state index contributed by atoms with van der Waals surface area (Å²) in [6.07, 6.45) is 0.0734. The third-order valence-corrected chi connectivity index (χ3v) is 8.78. The Morgan fingerprint density at radius 3 is 2.00 bits per heavy atom. The predicted molar refractivity (Wildman–Crippen MR) is 166 cm³/mol. The third kappa shape index (κ3) is 7.87. The van der Waals surface area contributed by atoms with Crippen LogP contribution in [0.3, 0.4) is 0 Å². The maximum absolute atomic E-state index is 15.2. The van der Waals surface area contributed by atoms with Crippen molar-refractivity contribution in [3.63, 3.8) is 0 Å². The summed E-state index contributed by atoms with van der Waals surface area (Å²) in [7, 11) is -4.46. The van der Waals surface area contributed by atoms with E-state index in [-0.39, 0.29) is 35.2 Å². The van der Waals surface area contributed by atoms with Gasteiger partial charge in [0.25, 0.3) is 10.0 Å². The molecule has 7 nitrogen and oxygen atoms in total. The Kier molecular flexibility index (Phi) is 10.5. The average Bonchev–Trinajstić information content (AvgIpc) is 2.99. The molecule has 44 heavy (non-hydrogen) atoms. The summed E-state index contributed by atoms with van der Waals surface area (Å²) in [6, 6.07) is 24.7. The molecular formula is C34H35F2N3O4S. The molecule has 4 aromatic carbocycles. The van der Waals surface area contributed by atoms with E-state index in [4.69, 9.17) is 0 Å². The monoisotopic (exact) mass is 619 g/mol. The van der Waals surface area contributed by atoms with Crippen molar-refractivity contribution in [2.45, 2.75) is 50.7 Å². The summed E-state index contributed by atoms with van der Waals surface area (Å²) in [5, 5.41) is 2.84.